The zero-order chi connectivity index (χ0) is 22.9. The molecule has 0 bridgehead atoms. The Morgan fingerprint density at radius 1 is 1.18 bits per heavy atom. The maximum Gasteiger partial charge on any atom is 0.335 e. The van der Waals surface area contributed by atoms with Gasteiger partial charge in [0.25, 0.3) is 0 Å². The van der Waals surface area contributed by atoms with Crippen LogP contribution in [0.4, 0.5) is 0 Å². The number of hydrogen-bond donors (Lipinski definition) is 2. The summed E-state index contributed by atoms with van der Waals surface area (Å²) in [5.41, 5.74) is 1.45. The van der Waals surface area contributed by atoms with Gasteiger partial charge in [-0.05, 0) is 66.8 Å². The third-order valence-electron chi connectivity index (χ3n) is 5.50. The van der Waals surface area contributed by atoms with E-state index in [1.165, 1.54) is 12.1 Å². The van der Waals surface area contributed by atoms with E-state index in [-0.39, 0.29) is 17.6 Å². The van der Waals surface area contributed by atoms with Crippen LogP contribution >= 0.6 is 23.8 Å². The summed E-state index contributed by atoms with van der Waals surface area (Å²) in [6.07, 6.45) is 3.35. The molecule has 1 aliphatic rings. The van der Waals surface area contributed by atoms with E-state index < -0.39 is 5.97 Å². The fourth-order valence-corrected chi connectivity index (χ4v) is 4.47. The fourth-order valence-electron chi connectivity index (χ4n) is 3.96. The summed E-state index contributed by atoms with van der Waals surface area (Å²) in [4.78, 5) is 17.9. The van der Waals surface area contributed by atoms with Gasteiger partial charge < -0.3 is 24.2 Å². The normalized spacial score (nSPS) is 17.8. The number of carboxylic acids is 1. The summed E-state index contributed by atoms with van der Waals surface area (Å²) >= 11 is 12.0. The molecule has 7 nitrogen and oxygen atoms in total. The Balaban J connectivity index is 1.56. The molecule has 2 atom stereocenters. The predicted octanol–water partition coefficient (Wildman–Crippen LogP) is 5.46. The van der Waals surface area contributed by atoms with Gasteiger partial charge in [-0.15, -0.1) is 0 Å². The van der Waals surface area contributed by atoms with Gasteiger partial charge >= 0.3 is 5.97 Å². The lowest BCUT2D eigenvalue weighted by Crippen LogP contribution is -2.28. The van der Waals surface area contributed by atoms with E-state index in [1.54, 1.807) is 24.6 Å². The van der Waals surface area contributed by atoms with Crippen LogP contribution in [0.1, 0.15) is 39.7 Å². The quantitative estimate of drug-likeness (QED) is 0.352. The molecule has 33 heavy (non-hydrogen) atoms. The van der Waals surface area contributed by atoms with Crippen LogP contribution in [0.15, 0.2) is 82.0 Å². The van der Waals surface area contributed by atoms with Gasteiger partial charge in [-0.25, -0.2) is 4.79 Å². The molecule has 1 aromatic carbocycles. The first kappa shape index (κ1) is 21.2. The van der Waals surface area contributed by atoms with Crippen LogP contribution in [0, 0.1) is 0 Å². The molecule has 0 saturated carbocycles. The topological polar surface area (TPSA) is 91.7 Å². The molecule has 4 aromatic rings. The largest absolute Gasteiger partial charge is 0.478 e. The number of aromatic carboxylic acids is 1. The van der Waals surface area contributed by atoms with E-state index in [9.17, 15) is 9.90 Å². The summed E-state index contributed by atoms with van der Waals surface area (Å²) in [7, 11) is 0. The minimum atomic E-state index is -1.04. The maximum atomic E-state index is 11.4. The highest BCUT2D eigenvalue weighted by Gasteiger charge is 2.42. The molecule has 166 valence electrons. The highest BCUT2D eigenvalue weighted by molar-refractivity contribution is 7.80. The zero-order valence-electron chi connectivity index (χ0n) is 17.1. The number of carbonyl (C=O) groups is 1. The van der Waals surface area contributed by atoms with Crippen LogP contribution in [-0.4, -0.2) is 26.1 Å². The summed E-state index contributed by atoms with van der Waals surface area (Å²) in [6.45, 7) is 0.443. The summed E-state index contributed by atoms with van der Waals surface area (Å²) < 4.78 is 11.8. The van der Waals surface area contributed by atoms with Gasteiger partial charge in [-0.2, -0.15) is 0 Å². The van der Waals surface area contributed by atoms with E-state index in [2.05, 4.69) is 10.3 Å². The molecule has 5 rings (SSSR count). The Bertz CT molecular complexity index is 1310. The van der Waals surface area contributed by atoms with Gasteiger partial charge in [-0.3, -0.25) is 4.98 Å². The van der Waals surface area contributed by atoms with Crippen LogP contribution < -0.4 is 5.32 Å². The number of hydrogen-bond acceptors (Lipinski definition) is 5. The standard InChI is InChI=1S/C24H18ClN3O4S/c25-17-7-6-14(23(29)30)12-16(17)19-8-9-20(32-19)22-21(18-5-1-2-10-26-18)27-24(33)28(22)13-15-4-3-11-31-15/h1-12,21-22H,13H2,(H,27,33)(H,29,30)/t21-,22-/m0/s1. The second-order valence-electron chi connectivity index (χ2n) is 7.54. The molecule has 0 radical (unpaired) electrons. The van der Waals surface area contributed by atoms with Crippen LogP contribution in [0.2, 0.25) is 5.02 Å². The third kappa shape index (κ3) is 4.10. The lowest BCUT2D eigenvalue weighted by atomic mass is 10.0. The minimum absolute atomic E-state index is 0.127. The number of nitrogens with zero attached hydrogens (tertiary/aromatic N) is 2. The molecule has 1 fully saturated rings. The van der Waals surface area contributed by atoms with Gasteiger partial charge in [0.05, 0.1) is 35.1 Å². The summed E-state index contributed by atoms with van der Waals surface area (Å²) in [6, 6.07) is 17.0. The van der Waals surface area contributed by atoms with Crippen LogP contribution in [0.5, 0.6) is 0 Å². The number of aromatic nitrogens is 1. The number of rotatable bonds is 6. The number of furan rings is 2. The van der Waals surface area contributed by atoms with Crippen LogP contribution in [0.25, 0.3) is 11.3 Å². The Hall–Kier alpha value is -3.62. The molecule has 1 saturated heterocycles. The lowest BCUT2D eigenvalue weighted by molar-refractivity contribution is 0.0697. The molecule has 0 unspecified atom stereocenters. The van der Waals surface area contributed by atoms with E-state index in [1.807, 2.05) is 41.3 Å². The van der Waals surface area contributed by atoms with Gasteiger partial charge in [0, 0.05) is 11.8 Å². The van der Waals surface area contributed by atoms with Crippen LogP contribution in [0.3, 0.4) is 0 Å². The zero-order valence-corrected chi connectivity index (χ0v) is 18.7. The van der Waals surface area contributed by atoms with E-state index in [4.69, 9.17) is 32.7 Å². The van der Waals surface area contributed by atoms with Gasteiger partial charge in [0.15, 0.2) is 5.11 Å². The monoisotopic (exact) mass is 479 g/mol. The third-order valence-corrected chi connectivity index (χ3v) is 6.18. The molecule has 2 N–H and O–H groups in total. The number of halogens is 1. The maximum absolute atomic E-state index is 11.4. The number of thiocarbonyl (C=S) groups is 1. The fraction of sp³-hybridized carbons (Fsp3) is 0.125. The Morgan fingerprint density at radius 2 is 2.06 bits per heavy atom. The van der Waals surface area contributed by atoms with Gasteiger partial charge in [0.2, 0.25) is 0 Å². The van der Waals surface area contributed by atoms with Crippen molar-refractivity contribution in [3.05, 3.63) is 101 Å². The molecule has 9 heteroatoms. The first-order chi connectivity index (χ1) is 16.0. The lowest BCUT2D eigenvalue weighted by Gasteiger charge is -2.25. The van der Waals surface area contributed by atoms with Crippen molar-refractivity contribution in [2.75, 3.05) is 0 Å². The van der Waals surface area contributed by atoms with Crippen molar-refractivity contribution in [3.8, 4) is 11.3 Å². The van der Waals surface area contributed by atoms with Crippen molar-refractivity contribution >= 4 is 34.9 Å². The molecule has 0 amide bonds. The van der Waals surface area contributed by atoms with Crippen molar-refractivity contribution in [2.45, 2.75) is 18.6 Å². The average Bonchev–Trinajstić information content (AvgIpc) is 3.56. The highest BCUT2D eigenvalue weighted by atomic mass is 35.5. The van der Waals surface area contributed by atoms with E-state index >= 15 is 0 Å². The SMILES string of the molecule is O=C(O)c1ccc(Cl)c(-c2ccc([C@H]3[C@H](c4ccccn4)NC(=S)N3Cc3ccco3)o2)c1. The molecule has 0 aliphatic carbocycles. The van der Waals surface area contributed by atoms with Gasteiger partial charge in [-0.1, -0.05) is 17.7 Å². The van der Waals surface area contributed by atoms with E-state index in [0.717, 1.165) is 11.5 Å². The Morgan fingerprint density at radius 3 is 2.79 bits per heavy atom. The molecule has 3 aromatic heterocycles. The van der Waals surface area contributed by atoms with E-state index in [0.29, 0.717) is 33.8 Å². The Kier molecular flexibility index (Phi) is 5.62. The minimum Gasteiger partial charge on any atom is -0.478 e. The molecular formula is C24H18ClN3O4S. The summed E-state index contributed by atoms with van der Waals surface area (Å²) in [5, 5.41) is 13.7. The van der Waals surface area contributed by atoms with Gasteiger partial charge in [0.1, 0.15) is 23.3 Å². The average molecular weight is 480 g/mol. The van der Waals surface area contributed by atoms with Crippen molar-refractivity contribution in [3.63, 3.8) is 0 Å². The molecule has 4 heterocycles. The first-order valence-corrected chi connectivity index (χ1v) is 10.9. The number of pyridine rings is 1. The summed E-state index contributed by atoms with van der Waals surface area (Å²) in [5.74, 6) is 0.824. The van der Waals surface area contributed by atoms with Crippen LogP contribution in [-0.2, 0) is 6.54 Å². The molecular weight excluding hydrogens is 462 g/mol. The Labute approximate surface area is 199 Å². The van der Waals surface area contributed by atoms with Crippen molar-refractivity contribution in [2.24, 2.45) is 0 Å². The number of nitrogens with one attached hydrogen (secondary N) is 1. The van der Waals surface area contributed by atoms with Crippen molar-refractivity contribution in [1.82, 2.24) is 15.2 Å². The van der Waals surface area contributed by atoms with Crippen molar-refractivity contribution < 1.29 is 18.7 Å². The highest BCUT2D eigenvalue weighted by Crippen LogP contribution is 2.42. The first-order valence-electron chi connectivity index (χ1n) is 10.1. The number of carboxylic acid groups (broad SMARTS) is 1. The predicted molar refractivity (Wildman–Crippen MR) is 126 cm³/mol. The second-order valence-corrected chi connectivity index (χ2v) is 8.33. The molecule has 1 aliphatic heterocycles. The van der Waals surface area contributed by atoms with Crippen molar-refractivity contribution in [1.29, 1.82) is 0 Å². The molecule has 0 spiro atoms. The smallest absolute Gasteiger partial charge is 0.335 e. The second kappa shape index (κ2) is 8.73. The number of benzene rings is 1.